The zero-order valence-corrected chi connectivity index (χ0v) is 28.4. The average Bonchev–Trinajstić information content (AvgIpc) is 2.99. The van der Waals surface area contributed by atoms with Gasteiger partial charge in [-0.2, -0.15) is 0 Å². The van der Waals surface area contributed by atoms with Gasteiger partial charge in [-0.15, -0.1) is 11.1 Å². The number of aldehydes is 2. The van der Waals surface area contributed by atoms with E-state index in [1.54, 1.807) is 0 Å². The van der Waals surface area contributed by atoms with E-state index < -0.39 is 16.1 Å². The van der Waals surface area contributed by atoms with Crippen molar-refractivity contribution in [3.05, 3.63) is 47.6 Å². The Labute approximate surface area is 256 Å². The molecule has 0 atom stereocenters. The number of unbranched alkanes of at least 4 members (excludes halogenated alkanes) is 13. The zero-order valence-electron chi connectivity index (χ0n) is 26.4. The maximum atomic E-state index is 10.7. The number of rotatable bonds is 19. The fourth-order valence-corrected chi connectivity index (χ4v) is 8.18. The summed E-state index contributed by atoms with van der Waals surface area (Å²) in [5.74, 6) is 7.25. The van der Waals surface area contributed by atoms with Crippen LogP contribution >= 0.6 is 0 Å². The van der Waals surface area contributed by atoms with Crippen molar-refractivity contribution in [3.8, 4) is 22.9 Å². The lowest BCUT2D eigenvalue weighted by Crippen LogP contribution is -2.22. The predicted molar refractivity (Wildman–Crippen MR) is 178 cm³/mol. The summed E-state index contributed by atoms with van der Waals surface area (Å²) >= 11 is 0. The Hall–Kier alpha value is -2.95. The number of aromatic nitrogens is 4. The second kappa shape index (κ2) is 20.0. The summed E-state index contributed by atoms with van der Waals surface area (Å²) in [7, 11) is -3.13. The molecule has 2 rings (SSSR count). The first-order valence-corrected chi connectivity index (χ1v) is 22.3. The lowest BCUT2D eigenvalue weighted by Gasteiger charge is -2.14. The predicted octanol–water partition coefficient (Wildman–Crippen LogP) is 8.25. The second-order valence-electron chi connectivity index (χ2n) is 12.6. The molecular weight excluding hydrogens is 553 g/mol. The monoisotopic (exact) mass is 602 g/mol. The molecule has 0 radical (unpaired) electrons. The van der Waals surface area contributed by atoms with Crippen LogP contribution in [0.3, 0.4) is 0 Å². The Balaban J connectivity index is 1.39. The Kier molecular flexibility index (Phi) is 16.8. The molecule has 0 unspecified atom stereocenters. The molecule has 42 heavy (non-hydrogen) atoms. The molecular formula is C34H50N4O2Si2. The van der Waals surface area contributed by atoms with Crippen LogP contribution in [0.25, 0.3) is 0 Å². The SMILES string of the molecule is C[Si](C)(C#Cc1ncc(C=O)cn1)CCCCCCCCCCCCCCCC[Si](C)(C)C#Cc1ncc(C=O)cn1. The minimum Gasteiger partial charge on any atom is -0.298 e. The molecule has 0 aromatic carbocycles. The summed E-state index contributed by atoms with van der Waals surface area (Å²) in [5, 5.41) is 0. The Morgan fingerprint density at radius 1 is 0.500 bits per heavy atom. The largest absolute Gasteiger partial charge is 0.298 e. The molecule has 0 aliphatic rings. The smallest absolute Gasteiger partial charge is 0.204 e. The van der Waals surface area contributed by atoms with Gasteiger partial charge in [-0.05, 0) is 23.9 Å². The highest BCUT2D eigenvalue weighted by molar-refractivity contribution is 6.85. The van der Waals surface area contributed by atoms with Crippen molar-refractivity contribution in [1.82, 2.24) is 19.9 Å². The van der Waals surface area contributed by atoms with Crippen LogP contribution < -0.4 is 0 Å². The fraction of sp³-hybridized carbons (Fsp3) is 0.588. The van der Waals surface area contributed by atoms with Crippen LogP contribution in [0.1, 0.15) is 122 Å². The molecule has 2 heterocycles. The lowest BCUT2D eigenvalue weighted by molar-refractivity contribution is 0.111. The topological polar surface area (TPSA) is 85.7 Å². The fourth-order valence-electron chi connectivity index (χ4n) is 4.76. The van der Waals surface area contributed by atoms with Gasteiger partial charge in [-0.25, -0.2) is 19.9 Å². The normalized spacial score (nSPS) is 11.2. The van der Waals surface area contributed by atoms with E-state index in [4.69, 9.17) is 0 Å². The number of carbonyl (C=O) groups excluding carboxylic acids is 2. The van der Waals surface area contributed by atoms with Crippen LogP contribution in [0.5, 0.6) is 0 Å². The summed E-state index contributed by atoms with van der Waals surface area (Å²) in [4.78, 5) is 38.0. The van der Waals surface area contributed by atoms with Crippen LogP contribution in [0.2, 0.25) is 38.3 Å². The first-order chi connectivity index (χ1) is 20.2. The molecule has 0 fully saturated rings. The van der Waals surface area contributed by atoms with Crippen LogP contribution in [-0.2, 0) is 0 Å². The molecule has 2 aromatic rings. The minimum absolute atomic E-state index is 0.484. The van der Waals surface area contributed by atoms with Gasteiger partial charge in [0.25, 0.3) is 0 Å². The maximum absolute atomic E-state index is 10.7. The van der Waals surface area contributed by atoms with Crippen LogP contribution in [0.4, 0.5) is 0 Å². The van der Waals surface area contributed by atoms with Gasteiger partial charge < -0.3 is 0 Å². The third-order valence-corrected chi connectivity index (χ3v) is 12.3. The number of nitrogens with zero attached hydrogens (tertiary/aromatic N) is 4. The van der Waals surface area contributed by atoms with Crippen molar-refractivity contribution in [2.45, 2.75) is 128 Å². The number of hydrogen-bond donors (Lipinski definition) is 0. The van der Waals surface area contributed by atoms with Crippen LogP contribution in [0.15, 0.2) is 24.8 Å². The summed E-state index contributed by atoms with van der Waals surface area (Å²) < 4.78 is 0. The average molecular weight is 603 g/mol. The van der Waals surface area contributed by atoms with Gasteiger partial charge in [0.1, 0.15) is 16.1 Å². The first-order valence-electron chi connectivity index (χ1n) is 15.8. The van der Waals surface area contributed by atoms with Crippen molar-refractivity contribution in [3.63, 3.8) is 0 Å². The van der Waals surface area contributed by atoms with E-state index in [0.717, 1.165) is 12.6 Å². The van der Waals surface area contributed by atoms with Crippen molar-refractivity contribution in [1.29, 1.82) is 0 Å². The summed E-state index contributed by atoms with van der Waals surface area (Å²) in [5.41, 5.74) is 7.85. The summed E-state index contributed by atoms with van der Waals surface area (Å²) in [6.45, 7) is 9.26. The van der Waals surface area contributed by atoms with E-state index in [9.17, 15) is 9.59 Å². The zero-order chi connectivity index (χ0) is 30.5. The van der Waals surface area contributed by atoms with E-state index in [1.807, 2.05) is 0 Å². The summed E-state index contributed by atoms with van der Waals surface area (Å²) in [6, 6.07) is 2.43. The Bertz CT molecular complexity index is 1100. The maximum Gasteiger partial charge on any atom is 0.204 e. The van der Waals surface area contributed by atoms with Crippen molar-refractivity contribution >= 4 is 28.7 Å². The molecule has 0 spiro atoms. The van der Waals surface area contributed by atoms with Crippen LogP contribution in [0, 0.1) is 22.9 Å². The van der Waals surface area contributed by atoms with E-state index in [0.29, 0.717) is 22.8 Å². The van der Waals surface area contributed by atoms with E-state index in [2.05, 4.69) is 69.1 Å². The Morgan fingerprint density at radius 2 is 0.762 bits per heavy atom. The highest BCUT2D eigenvalue weighted by Gasteiger charge is 2.18. The van der Waals surface area contributed by atoms with E-state index in [1.165, 1.54) is 127 Å². The van der Waals surface area contributed by atoms with E-state index in [-0.39, 0.29) is 0 Å². The molecule has 0 aliphatic heterocycles. The highest BCUT2D eigenvalue weighted by atomic mass is 28.3. The minimum atomic E-state index is -1.57. The molecule has 0 saturated carbocycles. The van der Waals surface area contributed by atoms with Gasteiger partial charge in [-0.1, -0.05) is 116 Å². The Morgan fingerprint density at radius 3 is 1.02 bits per heavy atom. The highest BCUT2D eigenvalue weighted by Crippen LogP contribution is 2.18. The first kappa shape index (κ1) is 35.3. The van der Waals surface area contributed by atoms with Gasteiger partial charge in [0.05, 0.1) is 11.1 Å². The quantitative estimate of drug-likeness (QED) is 0.0696. The van der Waals surface area contributed by atoms with Crippen LogP contribution in [-0.4, -0.2) is 48.7 Å². The third-order valence-electron chi connectivity index (χ3n) is 7.49. The molecule has 0 aliphatic carbocycles. The van der Waals surface area contributed by atoms with Crippen molar-refractivity contribution in [2.75, 3.05) is 0 Å². The van der Waals surface area contributed by atoms with Gasteiger partial charge in [0, 0.05) is 24.8 Å². The van der Waals surface area contributed by atoms with Gasteiger partial charge in [0.15, 0.2) is 12.6 Å². The molecule has 0 bridgehead atoms. The second-order valence-corrected chi connectivity index (χ2v) is 21.7. The number of hydrogen-bond acceptors (Lipinski definition) is 6. The van der Waals surface area contributed by atoms with Gasteiger partial charge in [-0.3, -0.25) is 9.59 Å². The molecule has 2 aromatic heterocycles. The van der Waals surface area contributed by atoms with Gasteiger partial charge >= 0.3 is 0 Å². The molecule has 0 saturated heterocycles. The van der Waals surface area contributed by atoms with Crippen molar-refractivity contribution in [2.24, 2.45) is 0 Å². The third kappa shape index (κ3) is 16.5. The van der Waals surface area contributed by atoms with E-state index >= 15 is 0 Å². The van der Waals surface area contributed by atoms with Gasteiger partial charge in [0.2, 0.25) is 11.6 Å². The molecule has 0 amide bonds. The van der Waals surface area contributed by atoms with Crippen molar-refractivity contribution < 1.29 is 9.59 Å². The lowest BCUT2D eigenvalue weighted by atomic mass is 10.0. The molecule has 226 valence electrons. The standard InChI is InChI=1S/C34H50N4O2Si2/c1-41(2,23-19-33-35-25-31(29-39)26-36-33)21-17-15-13-11-9-7-5-6-8-10-12-14-16-18-22-42(3,4)24-20-34-37-27-32(30-40)28-38-34/h25-30H,5-18,21-22H2,1-4H3. The number of carbonyl (C=O) groups is 2. The molecule has 0 N–H and O–H groups in total. The molecule has 6 nitrogen and oxygen atoms in total. The summed E-state index contributed by atoms with van der Waals surface area (Å²) in [6.07, 6.45) is 26.4. The molecule has 8 heteroatoms.